The number of rotatable bonds is 7. The molecule has 2 aliphatic rings. The van der Waals surface area contributed by atoms with Crippen LogP contribution in [0.3, 0.4) is 0 Å². The molecule has 0 bridgehead atoms. The van der Waals surface area contributed by atoms with Crippen molar-refractivity contribution in [2.24, 2.45) is 5.73 Å². The Morgan fingerprint density at radius 3 is 2.53 bits per heavy atom. The first-order valence-corrected chi connectivity index (χ1v) is 11.8. The van der Waals surface area contributed by atoms with Crippen molar-refractivity contribution in [3.63, 3.8) is 0 Å². The number of carbonyl (C=O) groups excluding carboxylic acids is 1. The summed E-state index contributed by atoms with van der Waals surface area (Å²) in [7, 11) is 6.01. The molecule has 3 heterocycles. The van der Waals surface area contributed by atoms with E-state index in [1.54, 1.807) is 7.11 Å². The number of likely N-dealkylation sites (tertiary alicyclic amines) is 1. The molecule has 7 heteroatoms. The highest BCUT2D eigenvalue weighted by atomic mass is 16.5. The number of primary amides is 1. The first-order valence-electron chi connectivity index (χ1n) is 11.8. The number of methoxy groups -OCH3 is 1. The van der Waals surface area contributed by atoms with Gasteiger partial charge in [-0.2, -0.15) is 0 Å². The van der Waals surface area contributed by atoms with Crippen molar-refractivity contribution in [3.05, 3.63) is 30.0 Å². The number of benzene rings is 1. The first kappa shape index (κ1) is 26.2. The van der Waals surface area contributed by atoms with Gasteiger partial charge < -0.3 is 24.7 Å². The first-order chi connectivity index (χ1) is 15.5. The molecular formula is C25H42N4O3. The Labute approximate surface area is 193 Å². The van der Waals surface area contributed by atoms with Crippen molar-refractivity contribution in [1.29, 1.82) is 0 Å². The quantitative estimate of drug-likeness (QED) is 0.662. The predicted octanol–water partition coefficient (Wildman–Crippen LogP) is 3.14. The normalized spacial score (nSPS) is 17.2. The van der Waals surface area contributed by atoms with Crippen molar-refractivity contribution >= 4 is 17.3 Å². The smallest absolute Gasteiger partial charge is 0.204 e. The van der Waals surface area contributed by atoms with Gasteiger partial charge in [0, 0.05) is 36.7 Å². The van der Waals surface area contributed by atoms with E-state index in [1.807, 2.05) is 13.8 Å². The maximum absolute atomic E-state index is 8.58. The van der Waals surface area contributed by atoms with E-state index in [0.717, 1.165) is 45.0 Å². The molecule has 2 saturated heterocycles. The van der Waals surface area contributed by atoms with Gasteiger partial charge in [-0.1, -0.05) is 20.3 Å². The Bertz CT molecular complexity index is 830. The zero-order chi connectivity index (χ0) is 23.6. The van der Waals surface area contributed by atoms with Crippen LogP contribution in [0.2, 0.25) is 0 Å². The maximum Gasteiger partial charge on any atom is 0.204 e. The fraction of sp³-hybridized carbons (Fsp3) is 0.640. The maximum atomic E-state index is 8.58. The predicted molar refractivity (Wildman–Crippen MR) is 131 cm³/mol. The molecule has 1 aromatic carbocycles. The molecule has 2 aromatic rings. The number of ether oxygens (including phenoxy) is 2. The van der Waals surface area contributed by atoms with Crippen LogP contribution >= 0.6 is 0 Å². The molecule has 7 nitrogen and oxygen atoms in total. The number of carbonyl (C=O) groups is 1. The van der Waals surface area contributed by atoms with E-state index in [-0.39, 0.29) is 6.41 Å². The molecule has 4 rings (SSSR count). The lowest BCUT2D eigenvalue weighted by atomic mass is 9.85. The van der Waals surface area contributed by atoms with E-state index in [2.05, 4.69) is 58.6 Å². The summed E-state index contributed by atoms with van der Waals surface area (Å²) in [6.07, 6.45) is 7.64. The minimum atomic E-state index is 0.250. The second-order valence-electron chi connectivity index (χ2n) is 8.58. The molecule has 0 atom stereocenters. The zero-order valence-corrected chi connectivity index (χ0v) is 20.6. The van der Waals surface area contributed by atoms with E-state index in [1.165, 1.54) is 42.3 Å². The van der Waals surface area contributed by atoms with Crippen molar-refractivity contribution in [3.8, 4) is 5.75 Å². The number of hydrogen-bond donors (Lipinski definition) is 1. The monoisotopic (exact) mass is 446 g/mol. The second-order valence-corrected chi connectivity index (χ2v) is 8.58. The number of nitrogens with zero attached hydrogens (tertiary/aromatic N) is 3. The molecule has 180 valence electrons. The molecule has 32 heavy (non-hydrogen) atoms. The minimum Gasteiger partial charge on any atom is -0.497 e. The van der Waals surface area contributed by atoms with Gasteiger partial charge in [-0.05, 0) is 63.7 Å². The lowest BCUT2D eigenvalue weighted by molar-refractivity contribution is -0.156. The fourth-order valence-electron chi connectivity index (χ4n) is 4.60. The molecule has 2 N–H and O–H groups in total. The molecule has 1 amide bonds. The summed E-state index contributed by atoms with van der Waals surface area (Å²) in [6.45, 7) is 10.3. The van der Waals surface area contributed by atoms with Crippen LogP contribution in [-0.2, 0) is 22.5 Å². The van der Waals surface area contributed by atoms with E-state index in [4.69, 9.17) is 14.3 Å². The fourth-order valence-corrected chi connectivity index (χ4v) is 4.60. The number of likely N-dealkylation sites (N-methyl/N-ethyl adjacent to an activating group) is 1. The van der Waals surface area contributed by atoms with Gasteiger partial charge in [0.2, 0.25) is 6.41 Å². The Kier molecular flexibility index (Phi) is 10.5. The van der Waals surface area contributed by atoms with Gasteiger partial charge in [-0.3, -0.25) is 9.69 Å². The number of amides is 1. The summed E-state index contributed by atoms with van der Waals surface area (Å²) in [5.74, 6) is 0.938. The highest BCUT2D eigenvalue weighted by Gasteiger charge is 2.44. The van der Waals surface area contributed by atoms with Crippen LogP contribution in [0.4, 0.5) is 0 Å². The van der Waals surface area contributed by atoms with Gasteiger partial charge in [0.15, 0.2) is 0 Å². The highest BCUT2D eigenvalue weighted by molar-refractivity contribution is 5.85. The number of nitrogens with two attached hydrogens (primary N) is 1. The molecule has 1 spiro atoms. The van der Waals surface area contributed by atoms with E-state index in [0.29, 0.717) is 5.54 Å². The van der Waals surface area contributed by atoms with Crippen molar-refractivity contribution in [2.75, 3.05) is 54.1 Å². The molecule has 0 aliphatic carbocycles. The Balaban J connectivity index is 0.000000671. The third-order valence-electron chi connectivity index (χ3n) is 6.34. The molecule has 0 radical (unpaired) electrons. The van der Waals surface area contributed by atoms with Gasteiger partial charge in [-0.25, -0.2) is 0 Å². The van der Waals surface area contributed by atoms with E-state index < -0.39 is 0 Å². The molecule has 2 aliphatic heterocycles. The van der Waals surface area contributed by atoms with Gasteiger partial charge in [0.25, 0.3) is 0 Å². The number of hydrogen-bond acceptors (Lipinski definition) is 5. The topological polar surface area (TPSA) is 73.0 Å². The zero-order valence-electron chi connectivity index (χ0n) is 20.6. The lowest BCUT2D eigenvalue weighted by Crippen LogP contribution is -2.64. The Morgan fingerprint density at radius 1 is 1.22 bits per heavy atom. The van der Waals surface area contributed by atoms with Crippen LogP contribution in [-0.4, -0.2) is 80.4 Å². The molecule has 1 aromatic heterocycles. The SMILES string of the molecule is CC.COc1ccc2c(c1)c(CCN(C)C)cn2CCN1CCCCC12COC2.NC=O. The van der Waals surface area contributed by atoms with Gasteiger partial charge in [0.05, 0.1) is 25.9 Å². The largest absolute Gasteiger partial charge is 0.497 e. The average molecular weight is 447 g/mol. The second kappa shape index (κ2) is 12.8. The van der Waals surface area contributed by atoms with Crippen LogP contribution in [0.1, 0.15) is 38.7 Å². The Hall–Kier alpha value is -2.09. The molecule has 2 fully saturated rings. The van der Waals surface area contributed by atoms with Crippen LogP contribution < -0.4 is 10.5 Å². The third-order valence-corrected chi connectivity index (χ3v) is 6.34. The summed E-state index contributed by atoms with van der Waals surface area (Å²) in [6, 6.07) is 6.49. The lowest BCUT2D eigenvalue weighted by Gasteiger charge is -2.52. The Morgan fingerprint density at radius 2 is 1.94 bits per heavy atom. The third kappa shape index (κ3) is 6.24. The summed E-state index contributed by atoms with van der Waals surface area (Å²) >= 11 is 0. The van der Waals surface area contributed by atoms with Crippen molar-refractivity contribution in [1.82, 2.24) is 14.4 Å². The van der Waals surface area contributed by atoms with Crippen LogP contribution in [0, 0.1) is 0 Å². The molecule has 0 saturated carbocycles. The summed E-state index contributed by atoms with van der Waals surface area (Å²) < 4.78 is 13.5. The molecular weight excluding hydrogens is 404 g/mol. The standard InChI is InChI=1S/C22H33N3O2.C2H6.CH3NO/c1-23(2)11-8-18-15-24(21-7-6-19(26-3)14-20(18)21)12-13-25-10-5-4-9-22(25)16-27-17-22;1-2;2-1-3/h6-7,14-15H,4-5,8-13,16-17H2,1-3H3;1-2H3;1H,(H2,2,3). The van der Waals surface area contributed by atoms with Crippen LogP contribution in [0.5, 0.6) is 5.75 Å². The van der Waals surface area contributed by atoms with Crippen LogP contribution in [0.25, 0.3) is 10.9 Å². The number of fused-ring (bicyclic) bond motifs is 1. The number of piperidine rings is 1. The van der Waals surface area contributed by atoms with Gasteiger partial charge in [0.1, 0.15) is 5.75 Å². The number of aromatic nitrogens is 1. The van der Waals surface area contributed by atoms with Crippen molar-refractivity contribution in [2.45, 2.75) is 51.6 Å². The highest BCUT2D eigenvalue weighted by Crippen LogP contribution is 2.35. The van der Waals surface area contributed by atoms with Crippen molar-refractivity contribution < 1.29 is 14.3 Å². The summed E-state index contributed by atoms with van der Waals surface area (Å²) in [4.78, 5) is 13.5. The van der Waals surface area contributed by atoms with E-state index in [9.17, 15) is 0 Å². The molecule has 0 unspecified atom stereocenters. The van der Waals surface area contributed by atoms with E-state index >= 15 is 0 Å². The summed E-state index contributed by atoms with van der Waals surface area (Å²) in [5.41, 5.74) is 7.23. The van der Waals surface area contributed by atoms with Gasteiger partial charge in [-0.15, -0.1) is 0 Å². The minimum absolute atomic E-state index is 0.250. The average Bonchev–Trinajstić information content (AvgIpc) is 3.14. The summed E-state index contributed by atoms with van der Waals surface area (Å²) in [5, 5.41) is 1.33. The van der Waals surface area contributed by atoms with Crippen LogP contribution in [0.15, 0.2) is 24.4 Å². The van der Waals surface area contributed by atoms with Gasteiger partial charge >= 0.3 is 0 Å².